The van der Waals surface area contributed by atoms with Gasteiger partial charge in [-0.05, 0) is 43.7 Å². The molecule has 0 spiro atoms. The van der Waals surface area contributed by atoms with E-state index < -0.39 is 0 Å². The van der Waals surface area contributed by atoms with E-state index in [0.717, 1.165) is 37.1 Å². The minimum Gasteiger partial charge on any atom is -0.365 e. The lowest BCUT2D eigenvalue weighted by Crippen LogP contribution is -2.45. The maximum Gasteiger partial charge on any atom is 0.236 e. The molecule has 0 radical (unpaired) electrons. The predicted octanol–water partition coefficient (Wildman–Crippen LogP) is 3.12. The van der Waals surface area contributed by atoms with Gasteiger partial charge in [-0.2, -0.15) is 5.26 Å². The van der Waals surface area contributed by atoms with Crippen LogP contribution in [0, 0.1) is 17.1 Å². The number of piperidine rings is 1. The van der Waals surface area contributed by atoms with E-state index in [1.165, 1.54) is 12.3 Å². The van der Waals surface area contributed by atoms with Crippen molar-refractivity contribution in [2.24, 2.45) is 0 Å². The molecule has 8 nitrogen and oxygen atoms in total. The second-order valence-electron chi connectivity index (χ2n) is 8.15. The summed E-state index contributed by atoms with van der Waals surface area (Å²) in [5, 5.41) is 12.4. The van der Waals surface area contributed by atoms with Crippen molar-refractivity contribution >= 4 is 17.4 Å². The number of nitriles is 1. The first-order valence-electron chi connectivity index (χ1n) is 10.5. The molecule has 1 N–H and O–H groups in total. The highest BCUT2D eigenvalue weighted by Gasteiger charge is 2.30. The molecule has 1 atom stereocenters. The number of hydrogen-bond donors (Lipinski definition) is 1. The first-order valence-corrected chi connectivity index (χ1v) is 10.5. The number of rotatable bonds is 5. The average molecular weight is 419 g/mol. The zero-order chi connectivity index (χ0) is 21.4. The van der Waals surface area contributed by atoms with Crippen molar-refractivity contribution < 1.29 is 9.18 Å². The molecule has 158 valence electrons. The van der Waals surface area contributed by atoms with Crippen molar-refractivity contribution in [1.29, 1.82) is 5.26 Å². The predicted molar refractivity (Wildman–Crippen MR) is 112 cm³/mol. The molecule has 2 fully saturated rings. The minimum atomic E-state index is -0.357. The highest BCUT2D eigenvalue weighted by molar-refractivity contribution is 5.78. The fourth-order valence-corrected chi connectivity index (χ4v) is 4.14. The Morgan fingerprint density at radius 2 is 2.13 bits per heavy atom. The van der Waals surface area contributed by atoms with Gasteiger partial charge < -0.3 is 10.2 Å². The normalized spacial score (nSPS) is 18.7. The van der Waals surface area contributed by atoms with Crippen LogP contribution in [0.5, 0.6) is 0 Å². The third-order valence-corrected chi connectivity index (χ3v) is 5.88. The maximum atomic E-state index is 13.8. The lowest BCUT2D eigenvalue weighted by Gasteiger charge is -2.33. The van der Waals surface area contributed by atoms with Gasteiger partial charge in [-0.3, -0.25) is 9.20 Å². The maximum absolute atomic E-state index is 13.8. The first kappa shape index (κ1) is 19.4. The molecule has 0 aromatic carbocycles. The number of pyridine rings is 1. The molecule has 0 bridgehead atoms. The summed E-state index contributed by atoms with van der Waals surface area (Å²) in [6, 6.07) is 4.98. The van der Waals surface area contributed by atoms with E-state index in [-0.39, 0.29) is 24.2 Å². The zero-order valence-corrected chi connectivity index (χ0v) is 17.0. The number of anilines is 1. The molecule has 9 heteroatoms. The molecular formula is C22H22FN7O. The van der Waals surface area contributed by atoms with Crippen LogP contribution in [0.15, 0.2) is 30.7 Å². The Labute approximate surface area is 178 Å². The van der Waals surface area contributed by atoms with Gasteiger partial charge in [0.2, 0.25) is 5.91 Å². The molecule has 4 heterocycles. The number of hydrogen-bond acceptors (Lipinski definition) is 6. The third kappa shape index (κ3) is 3.93. The standard InChI is InChI=1S/C22H22FN7O/c23-15-5-6-19-25-11-18(30(19)12-15)22-26-10-17(14-3-4-14)21(28-22)27-16-2-1-9-29(13-16)20(31)7-8-24/h5-6,10-12,14,16H,1-4,7,9,13H2,(H,26,27,28). The Balaban J connectivity index is 1.44. The van der Waals surface area contributed by atoms with Crippen LogP contribution < -0.4 is 5.32 Å². The Hall–Kier alpha value is -3.54. The van der Waals surface area contributed by atoms with Crippen LogP contribution in [0.1, 0.15) is 43.6 Å². The molecule has 1 aliphatic carbocycles. The van der Waals surface area contributed by atoms with Gasteiger partial charge in [0.15, 0.2) is 5.82 Å². The lowest BCUT2D eigenvalue weighted by molar-refractivity contribution is -0.131. The van der Waals surface area contributed by atoms with E-state index in [4.69, 9.17) is 10.2 Å². The summed E-state index contributed by atoms with van der Waals surface area (Å²) in [7, 11) is 0. The van der Waals surface area contributed by atoms with Crippen LogP contribution in [0.25, 0.3) is 17.2 Å². The molecule has 3 aromatic rings. The molecule has 5 rings (SSSR count). The van der Waals surface area contributed by atoms with E-state index in [1.807, 2.05) is 12.3 Å². The van der Waals surface area contributed by atoms with Crippen molar-refractivity contribution in [3.8, 4) is 17.6 Å². The van der Waals surface area contributed by atoms with Gasteiger partial charge in [0.1, 0.15) is 29.4 Å². The Kier molecular flexibility index (Phi) is 4.98. The van der Waals surface area contributed by atoms with Gasteiger partial charge in [-0.15, -0.1) is 0 Å². The first-order chi connectivity index (χ1) is 15.1. The molecule has 1 saturated carbocycles. The van der Waals surface area contributed by atoms with Crippen molar-refractivity contribution in [2.45, 2.75) is 44.1 Å². The fourth-order valence-electron chi connectivity index (χ4n) is 4.14. The number of likely N-dealkylation sites (tertiary alicyclic amines) is 1. The van der Waals surface area contributed by atoms with Crippen LogP contribution in [0.3, 0.4) is 0 Å². The highest BCUT2D eigenvalue weighted by atomic mass is 19.1. The summed E-state index contributed by atoms with van der Waals surface area (Å²) in [5.41, 5.74) is 2.32. The topological polar surface area (TPSA) is 99.2 Å². The summed E-state index contributed by atoms with van der Waals surface area (Å²) in [4.78, 5) is 27.6. The number of aromatic nitrogens is 4. The summed E-state index contributed by atoms with van der Waals surface area (Å²) >= 11 is 0. The van der Waals surface area contributed by atoms with Crippen LogP contribution in [0.4, 0.5) is 10.2 Å². The molecule has 1 saturated heterocycles. The van der Waals surface area contributed by atoms with Gasteiger partial charge in [-0.1, -0.05) is 0 Å². The van der Waals surface area contributed by atoms with Crippen LogP contribution in [-0.4, -0.2) is 49.3 Å². The molecule has 1 unspecified atom stereocenters. The number of imidazole rings is 1. The van der Waals surface area contributed by atoms with Gasteiger partial charge in [-0.25, -0.2) is 19.3 Å². The number of nitrogens with one attached hydrogen (secondary N) is 1. The van der Waals surface area contributed by atoms with Crippen molar-refractivity contribution in [3.05, 3.63) is 42.1 Å². The van der Waals surface area contributed by atoms with Gasteiger partial charge in [0.05, 0.1) is 12.3 Å². The molecule has 2 aliphatic rings. The highest BCUT2D eigenvalue weighted by Crippen LogP contribution is 2.43. The molecule has 3 aromatic heterocycles. The van der Waals surface area contributed by atoms with E-state index in [9.17, 15) is 9.18 Å². The van der Waals surface area contributed by atoms with Crippen LogP contribution in [-0.2, 0) is 4.79 Å². The van der Waals surface area contributed by atoms with E-state index in [0.29, 0.717) is 36.2 Å². The van der Waals surface area contributed by atoms with Gasteiger partial charge in [0, 0.05) is 37.1 Å². The van der Waals surface area contributed by atoms with Crippen LogP contribution in [0.2, 0.25) is 0 Å². The average Bonchev–Trinajstić information content (AvgIpc) is 3.53. The smallest absolute Gasteiger partial charge is 0.236 e. The zero-order valence-electron chi connectivity index (χ0n) is 17.0. The van der Waals surface area contributed by atoms with Crippen molar-refractivity contribution in [2.75, 3.05) is 18.4 Å². The minimum absolute atomic E-state index is 0.0521. The summed E-state index contributed by atoms with van der Waals surface area (Å²) in [5.74, 6) is 1.18. The molecular weight excluding hydrogens is 397 g/mol. The molecule has 31 heavy (non-hydrogen) atoms. The molecule has 1 aliphatic heterocycles. The Morgan fingerprint density at radius 1 is 1.26 bits per heavy atom. The second kappa shape index (κ2) is 7.95. The molecule has 1 amide bonds. The number of amides is 1. The summed E-state index contributed by atoms with van der Waals surface area (Å²) < 4.78 is 15.4. The SMILES string of the molecule is N#CCC(=O)N1CCCC(Nc2nc(-c3cnc4ccc(F)cn34)ncc2C2CC2)C1. The third-order valence-electron chi connectivity index (χ3n) is 5.88. The number of carbonyl (C=O) groups excluding carboxylic acids is 1. The van der Waals surface area contributed by atoms with Crippen molar-refractivity contribution in [1.82, 2.24) is 24.3 Å². The van der Waals surface area contributed by atoms with E-state index in [2.05, 4.69) is 15.3 Å². The Bertz CT molecular complexity index is 1180. The number of fused-ring (bicyclic) bond motifs is 1. The van der Waals surface area contributed by atoms with Crippen molar-refractivity contribution in [3.63, 3.8) is 0 Å². The Morgan fingerprint density at radius 3 is 2.94 bits per heavy atom. The van der Waals surface area contributed by atoms with Gasteiger partial charge in [0.25, 0.3) is 0 Å². The summed E-state index contributed by atoms with van der Waals surface area (Å²) in [6.07, 6.45) is 8.78. The monoisotopic (exact) mass is 419 g/mol. The summed E-state index contributed by atoms with van der Waals surface area (Å²) in [6.45, 7) is 1.22. The second-order valence-corrected chi connectivity index (χ2v) is 8.15. The largest absolute Gasteiger partial charge is 0.365 e. The van der Waals surface area contributed by atoms with Crippen LogP contribution >= 0.6 is 0 Å². The lowest BCUT2D eigenvalue weighted by atomic mass is 10.0. The fraction of sp³-hybridized carbons (Fsp3) is 0.409. The van der Waals surface area contributed by atoms with Gasteiger partial charge >= 0.3 is 0 Å². The quantitative estimate of drug-likeness (QED) is 0.682. The van der Waals surface area contributed by atoms with E-state index >= 15 is 0 Å². The van der Waals surface area contributed by atoms with E-state index in [1.54, 1.807) is 21.6 Å². The number of halogens is 1. The number of nitrogens with zero attached hydrogens (tertiary/aromatic N) is 6. The number of carbonyl (C=O) groups is 1.